The van der Waals surface area contributed by atoms with E-state index in [2.05, 4.69) is 56.3 Å². The molecule has 0 aliphatic rings. The van der Waals surface area contributed by atoms with E-state index in [4.69, 9.17) is 4.42 Å². The molecular weight excluding hydrogens is 232 g/mol. The SMILES string of the molecule is CC(C)Cc1ccc(-c2ccc3ccoc3c2)cc1. The Balaban J connectivity index is 1.92. The fraction of sp³-hybridized carbons (Fsp3) is 0.222. The van der Waals surface area contributed by atoms with Gasteiger partial charge in [-0.05, 0) is 41.2 Å². The minimum Gasteiger partial charge on any atom is -0.464 e. The molecule has 0 unspecified atom stereocenters. The second-order valence-corrected chi connectivity index (χ2v) is 5.47. The molecule has 0 bridgehead atoms. The van der Waals surface area contributed by atoms with Crippen molar-refractivity contribution >= 4 is 11.0 Å². The molecule has 19 heavy (non-hydrogen) atoms. The molecule has 1 nitrogen and oxygen atoms in total. The predicted molar refractivity (Wildman–Crippen MR) is 80.2 cm³/mol. The molecule has 0 aliphatic carbocycles. The van der Waals surface area contributed by atoms with Crippen LogP contribution in [0.4, 0.5) is 0 Å². The third-order valence-electron chi connectivity index (χ3n) is 3.39. The van der Waals surface area contributed by atoms with Gasteiger partial charge in [-0.25, -0.2) is 0 Å². The van der Waals surface area contributed by atoms with Gasteiger partial charge in [0.25, 0.3) is 0 Å². The summed E-state index contributed by atoms with van der Waals surface area (Å²) in [4.78, 5) is 0. The molecule has 0 N–H and O–H groups in total. The lowest BCUT2D eigenvalue weighted by atomic mass is 9.99. The number of rotatable bonds is 3. The Labute approximate surface area is 113 Å². The highest BCUT2D eigenvalue weighted by Gasteiger charge is 2.03. The van der Waals surface area contributed by atoms with Crippen LogP contribution in [0.15, 0.2) is 59.2 Å². The maximum Gasteiger partial charge on any atom is 0.134 e. The van der Waals surface area contributed by atoms with Crippen LogP contribution in [0.3, 0.4) is 0 Å². The minimum atomic E-state index is 0.699. The molecule has 1 heterocycles. The smallest absolute Gasteiger partial charge is 0.134 e. The van der Waals surface area contributed by atoms with Crippen molar-refractivity contribution in [3.63, 3.8) is 0 Å². The molecule has 0 aliphatic heterocycles. The summed E-state index contributed by atoms with van der Waals surface area (Å²) in [6, 6.07) is 17.2. The summed E-state index contributed by atoms with van der Waals surface area (Å²) in [6.45, 7) is 4.50. The van der Waals surface area contributed by atoms with Crippen molar-refractivity contribution in [1.29, 1.82) is 0 Å². The lowest BCUT2D eigenvalue weighted by molar-refractivity contribution is 0.616. The van der Waals surface area contributed by atoms with Crippen LogP contribution in [-0.2, 0) is 6.42 Å². The molecule has 3 rings (SSSR count). The molecule has 0 spiro atoms. The number of hydrogen-bond acceptors (Lipinski definition) is 1. The van der Waals surface area contributed by atoms with Gasteiger partial charge in [0.15, 0.2) is 0 Å². The predicted octanol–water partition coefficient (Wildman–Crippen LogP) is 5.30. The summed E-state index contributed by atoms with van der Waals surface area (Å²) in [6.07, 6.45) is 2.87. The van der Waals surface area contributed by atoms with E-state index in [-0.39, 0.29) is 0 Å². The van der Waals surface area contributed by atoms with E-state index in [1.165, 1.54) is 16.7 Å². The van der Waals surface area contributed by atoms with Gasteiger partial charge in [-0.1, -0.05) is 50.2 Å². The van der Waals surface area contributed by atoms with Gasteiger partial charge < -0.3 is 4.42 Å². The number of furan rings is 1. The van der Waals surface area contributed by atoms with Gasteiger partial charge >= 0.3 is 0 Å². The first kappa shape index (κ1) is 12.0. The fourth-order valence-corrected chi connectivity index (χ4v) is 2.44. The molecule has 0 radical (unpaired) electrons. The van der Waals surface area contributed by atoms with Crippen molar-refractivity contribution in [1.82, 2.24) is 0 Å². The van der Waals surface area contributed by atoms with E-state index >= 15 is 0 Å². The number of benzene rings is 2. The minimum absolute atomic E-state index is 0.699. The van der Waals surface area contributed by atoms with Gasteiger partial charge in [0.1, 0.15) is 5.58 Å². The van der Waals surface area contributed by atoms with Crippen molar-refractivity contribution in [2.75, 3.05) is 0 Å². The zero-order chi connectivity index (χ0) is 13.2. The zero-order valence-electron chi connectivity index (χ0n) is 11.4. The molecule has 0 amide bonds. The van der Waals surface area contributed by atoms with Gasteiger partial charge in [0.05, 0.1) is 6.26 Å². The Hall–Kier alpha value is -2.02. The first-order valence-electron chi connectivity index (χ1n) is 6.79. The molecule has 0 fully saturated rings. The van der Waals surface area contributed by atoms with Crippen LogP contribution in [0.2, 0.25) is 0 Å². The average molecular weight is 250 g/mol. The van der Waals surface area contributed by atoms with Crippen molar-refractivity contribution < 1.29 is 4.42 Å². The number of fused-ring (bicyclic) bond motifs is 1. The molecule has 2 aromatic carbocycles. The Morgan fingerprint density at radius 2 is 1.63 bits per heavy atom. The lowest BCUT2D eigenvalue weighted by Gasteiger charge is -2.06. The third-order valence-corrected chi connectivity index (χ3v) is 3.39. The quantitative estimate of drug-likeness (QED) is 0.615. The van der Waals surface area contributed by atoms with Crippen molar-refractivity contribution in [3.8, 4) is 11.1 Å². The Morgan fingerprint density at radius 1 is 0.895 bits per heavy atom. The summed E-state index contributed by atoms with van der Waals surface area (Å²) < 4.78 is 5.46. The van der Waals surface area contributed by atoms with Crippen LogP contribution in [0.25, 0.3) is 22.1 Å². The monoisotopic (exact) mass is 250 g/mol. The Bertz CT molecular complexity index is 674. The van der Waals surface area contributed by atoms with Gasteiger partial charge in [-0.3, -0.25) is 0 Å². The van der Waals surface area contributed by atoms with Gasteiger partial charge in [0, 0.05) is 5.39 Å². The van der Waals surface area contributed by atoms with E-state index in [1.54, 1.807) is 6.26 Å². The normalized spacial score (nSPS) is 11.3. The fourth-order valence-electron chi connectivity index (χ4n) is 2.44. The van der Waals surface area contributed by atoms with E-state index in [0.717, 1.165) is 17.4 Å². The van der Waals surface area contributed by atoms with Crippen LogP contribution in [0.5, 0.6) is 0 Å². The van der Waals surface area contributed by atoms with E-state index in [1.807, 2.05) is 6.07 Å². The van der Waals surface area contributed by atoms with Gasteiger partial charge in [-0.2, -0.15) is 0 Å². The van der Waals surface area contributed by atoms with Crippen LogP contribution in [-0.4, -0.2) is 0 Å². The summed E-state index contributed by atoms with van der Waals surface area (Å²) in [5.41, 5.74) is 4.80. The third kappa shape index (κ3) is 2.55. The number of hydrogen-bond donors (Lipinski definition) is 0. The highest BCUT2D eigenvalue weighted by molar-refractivity contribution is 5.83. The lowest BCUT2D eigenvalue weighted by Crippen LogP contribution is -1.93. The summed E-state index contributed by atoms with van der Waals surface area (Å²) in [7, 11) is 0. The molecule has 0 saturated carbocycles. The second-order valence-electron chi connectivity index (χ2n) is 5.47. The van der Waals surface area contributed by atoms with E-state index in [0.29, 0.717) is 5.92 Å². The highest BCUT2D eigenvalue weighted by atomic mass is 16.3. The maximum absolute atomic E-state index is 5.46. The second kappa shape index (κ2) is 4.93. The van der Waals surface area contributed by atoms with Crippen LogP contribution in [0.1, 0.15) is 19.4 Å². The van der Waals surface area contributed by atoms with Crippen molar-refractivity contribution in [2.45, 2.75) is 20.3 Å². The largest absolute Gasteiger partial charge is 0.464 e. The molecule has 96 valence electrons. The van der Waals surface area contributed by atoms with Crippen molar-refractivity contribution in [3.05, 3.63) is 60.4 Å². The van der Waals surface area contributed by atoms with Crippen LogP contribution < -0.4 is 0 Å². The Morgan fingerprint density at radius 3 is 2.37 bits per heavy atom. The molecule has 1 aromatic heterocycles. The molecule has 0 atom stereocenters. The average Bonchev–Trinajstić information content (AvgIpc) is 2.86. The topological polar surface area (TPSA) is 13.1 Å². The zero-order valence-corrected chi connectivity index (χ0v) is 11.4. The van der Waals surface area contributed by atoms with Gasteiger partial charge in [-0.15, -0.1) is 0 Å². The van der Waals surface area contributed by atoms with E-state index < -0.39 is 0 Å². The highest BCUT2D eigenvalue weighted by Crippen LogP contribution is 2.25. The first-order chi connectivity index (χ1) is 9.22. The standard InChI is InChI=1S/C18H18O/c1-13(2)11-14-3-5-15(6-4-14)17-8-7-16-9-10-19-18(16)12-17/h3-10,12-13H,11H2,1-2H3. The molecular formula is C18H18O. The molecule has 1 heteroatoms. The van der Waals surface area contributed by atoms with Crippen LogP contribution >= 0.6 is 0 Å². The summed E-state index contributed by atoms with van der Waals surface area (Å²) in [5.74, 6) is 0.699. The Kier molecular flexibility index (Phi) is 3.12. The van der Waals surface area contributed by atoms with Crippen LogP contribution in [0, 0.1) is 5.92 Å². The summed E-state index contributed by atoms with van der Waals surface area (Å²) in [5, 5.41) is 1.15. The first-order valence-corrected chi connectivity index (χ1v) is 6.79. The van der Waals surface area contributed by atoms with E-state index in [9.17, 15) is 0 Å². The molecule has 0 saturated heterocycles. The maximum atomic E-state index is 5.46. The van der Waals surface area contributed by atoms with Crippen molar-refractivity contribution in [2.24, 2.45) is 5.92 Å². The van der Waals surface area contributed by atoms with Gasteiger partial charge in [0.2, 0.25) is 0 Å². The molecule has 3 aromatic rings. The summed E-state index contributed by atoms with van der Waals surface area (Å²) >= 11 is 0.